The second-order valence-electron chi connectivity index (χ2n) is 5.92. The van der Waals surface area contributed by atoms with E-state index in [1.807, 2.05) is 7.05 Å². The summed E-state index contributed by atoms with van der Waals surface area (Å²) in [5.41, 5.74) is 0.0498. The summed E-state index contributed by atoms with van der Waals surface area (Å²) >= 11 is 0. The van der Waals surface area contributed by atoms with E-state index in [1.54, 1.807) is 24.3 Å². The summed E-state index contributed by atoms with van der Waals surface area (Å²) in [5.74, 6) is 0.546. The molecule has 0 unspecified atom stereocenters. The molecule has 4 nitrogen and oxygen atoms in total. The maximum absolute atomic E-state index is 12.3. The summed E-state index contributed by atoms with van der Waals surface area (Å²) in [6.45, 7) is 7.09. The lowest BCUT2D eigenvalue weighted by Gasteiger charge is -2.31. The summed E-state index contributed by atoms with van der Waals surface area (Å²) in [4.78, 5) is 2.44. The van der Waals surface area contributed by atoms with Gasteiger partial charge in [-0.15, -0.1) is 0 Å². The minimum atomic E-state index is -3.30. The van der Waals surface area contributed by atoms with E-state index >= 15 is 0 Å². The minimum absolute atomic E-state index is 0.0498. The standard InChI is InChI=1S/C15H25NO3S/c1-15(2,3)16(4)11-8-12-20(17,18)14-10-7-6-9-13(14)19-5/h6-7,9-10H,8,11-12H2,1-5H3. The van der Waals surface area contributed by atoms with Crippen LogP contribution < -0.4 is 4.74 Å². The van der Waals surface area contributed by atoms with Gasteiger partial charge in [-0.05, 0) is 52.9 Å². The Kier molecular flexibility index (Phi) is 5.59. The first kappa shape index (κ1) is 17.0. The minimum Gasteiger partial charge on any atom is -0.495 e. The molecule has 0 saturated heterocycles. The van der Waals surface area contributed by atoms with Crippen molar-refractivity contribution in [3.05, 3.63) is 24.3 Å². The number of ether oxygens (including phenoxy) is 1. The summed E-state index contributed by atoms with van der Waals surface area (Å²) < 4.78 is 29.8. The molecule has 0 aliphatic rings. The van der Waals surface area contributed by atoms with Gasteiger partial charge in [0.1, 0.15) is 10.6 Å². The monoisotopic (exact) mass is 299 g/mol. The van der Waals surface area contributed by atoms with Crippen LogP contribution in [0.15, 0.2) is 29.2 Å². The zero-order valence-electron chi connectivity index (χ0n) is 13.0. The van der Waals surface area contributed by atoms with Crippen LogP contribution in [0, 0.1) is 0 Å². The molecule has 0 radical (unpaired) electrons. The van der Waals surface area contributed by atoms with Gasteiger partial charge in [0.2, 0.25) is 0 Å². The maximum atomic E-state index is 12.3. The number of hydrogen-bond donors (Lipinski definition) is 0. The number of benzene rings is 1. The van der Waals surface area contributed by atoms with E-state index in [4.69, 9.17) is 4.74 Å². The van der Waals surface area contributed by atoms with E-state index in [-0.39, 0.29) is 16.2 Å². The molecule has 0 saturated carbocycles. The SMILES string of the molecule is COc1ccccc1S(=O)(=O)CCCN(C)C(C)(C)C. The summed E-state index contributed by atoms with van der Waals surface area (Å²) in [6, 6.07) is 6.76. The van der Waals surface area contributed by atoms with Crippen LogP contribution in [-0.2, 0) is 9.84 Å². The van der Waals surface area contributed by atoms with Crippen LogP contribution in [0.3, 0.4) is 0 Å². The number of hydrogen-bond acceptors (Lipinski definition) is 4. The summed E-state index contributed by atoms with van der Waals surface area (Å²) in [7, 11) is 0.202. The first-order chi connectivity index (χ1) is 9.18. The molecule has 0 spiro atoms. The molecule has 0 aliphatic heterocycles. The van der Waals surface area contributed by atoms with Crippen LogP contribution in [0.1, 0.15) is 27.2 Å². The fourth-order valence-corrected chi connectivity index (χ4v) is 3.29. The number of sulfone groups is 1. The number of para-hydroxylation sites is 1. The van der Waals surface area contributed by atoms with E-state index in [0.29, 0.717) is 12.2 Å². The van der Waals surface area contributed by atoms with Crippen LogP contribution in [0.5, 0.6) is 5.75 Å². The highest BCUT2D eigenvalue weighted by Gasteiger charge is 2.21. The van der Waals surface area contributed by atoms with Gasteiger partial charge in [0.25, 0.3) is 0 Å². The average molecular weight is 299 g/mol. The summed E-state index contributed by atoms with van der Waals surface area (Å²) in [6.07, 6.45) is 0.605. The maximum Gasteiger partial charge on any atom is 0.182 e. The van der Waals surface area contributed by atoms with Crippen LogP contribution in [0.4, 0.5) is 0 Å². The largest absolute Gasteiger partial charge is 0.495 e. The van der Waals surface area contributed by atoms with E-state index in [1.165, 1.54) is 7.11 Å². The number of nitrogens with zero attached hydrogens (tertiary/aromatic N) is 1. The van der Waals surface area contributed by atoms with E-state index in [0.717, 1.165) is 6.54 Å². The van der Waals surface area contributed by atoms with E-state index in [2.05, 4.69) is 25.7 Å². The number of rotatable bonds is 6. The lowest BCUT2D eigenvalue weighted by molar-refractivity contribution is 0.176. The van der Waals surface area contributed by atoms with Gasteiger partial charge in [0.05, 0.1) is 12.9 Å². The van der Waals surface area contributed by atoms with Gasteiger partial charge in [0.15, 0.2) is 9.84 Å². The molecule has 1 aromatic rings. The van der Waals surface area contributed by atoms with Crippen molar-refractivity contribution in [1.29, 1.82) is 0 Å². The first-order valence-electron chi connectivity index (χ1n) is 6.75. The lowest BCUT2D eigenvalue weighted by atomic mass is 10.1. The molecule has 0 aliphatic carbocycles. The van der Waals surface area contributed by atoms with Crippen LogP contribution in [-0.4, -0.2) is 45.3 Å². The molecule has 5 heteroatoms. The number of methoxy groups -OCH3 is 1. The van der Waals surface area contributed by atoms with Crippen LogP contribution in [0.25, 0.3) is 0 Å². The fourth-order valence-electron chi connectivity index (χ4n) is 1.81. The third kappa shape index (κ3) is 4.49. The third-order valence-electron chi connectivity index (χ3n) is 3.46. The lowest BCUT2D eigenvalue weighted by Crippen LogP contribution is -2.39. The average Bonchev–Trinajstić information content (AvgIpc) is 2.37. The molecule has 0 amide bonds. The van der Waals surface area contributed by atoms with Crippen molar-refractivity contribution in [2.75, 3.05) is 26.5 Å². The molecule has 0 bridgehead atoms. The van der Waals surface area contributed by atoms with Gasteiger partial charge in [-0.1, -0.05) is 12.1 Å². The smallest absolute Gasteiger partial charge is 0.182 e. The normalized spacial score (nSPS) is 12.7. The molecular weight excluding hydrogens is 274 g/mol. The van der Waals surface area contributed by atoms with Crippen LogP contribution >= 0.6 is 0 Å². The fraction of sp³-hybridized carbons (Fsp3) is 0.600. The highest BCUT2D eigenvalue weighted by molar-refractivity contribution is 7.91. The van der Waals surface area contributed by atoms with Crippen molar-refractivity contribution in [1.82, 2.24) is 4.90 Å². The van der Waals surface area contributed by atoms with Crippen LogP contribution in [0.2, 0.25) is 0 Å². The van der Waals surface area contributed by atoms with Crippen molar-refractivity contribution in [3.63, 3.8) is 0 Å². The molecule has 1 aromatic carbocycles. The second-order valence-corrected chi connectivity index (χ2v) is 7.99. The van der Waals surface area contributed by atoms with E-state index in [9.17, 15) is 8.42 Å². The second kappa shape index (κ2) is 6.59. The van der Waals surface area contributed by atoms with Crippen molar-refractivity contribution >= 4 is 9.84 Å². The Morgan fingerprint density at radius 1 is 1.20 bits per heavy atom. The van der Waals surface area contributed by atoms with Gasteiger partial charge in [0, 0.05) is 5.54 Å². The highest BCUT2D eigenvalue weighted by Crippen LogP contribution is 2.24. The Morgan fingerprint density at radius 2 is 1.80 bits per heavy atom. The Bertz CT molecular complexity index is 532. The van der Waals surface area contributed by atoms with E-state index < -0.39 is 9.84 Å². The van der Waals surface area contributed by atoms with Gasteiger partial charge in [-0.2, -0.15) is 0 Å². The Hall–Kier alpha value is -1.07. The zero-order chi connectivity index (χ0) is 15.4. The zero-order valence-corrected chi connectivity index (χ0v) is 13.8. The van der Waals surface area contributed by atoms with Crippen molar-refractivity contribution in [2.24, 2.45) is 0 Å². The van der Waals surface area contributed by atoms with Gasteiger partial charge in [-0.3, -0.25) is 0 Å². The Balaban J connectivity index is 2.72. The van der Waals surface area contributed by atoms with Gasteiger partial charge >= 0.3 is 0 Å². The quantitative estimate of drug-likeness (QED) is 0.810. The Labute approximate surface area is 122 Å². The van der Waals surface area contributed by atoms with Crippen molar-refractivity contribution in [3.8, 4) is 5.75 Å². The molecular formula is C15H25NO3S. The predicted molar refractivity (Wildman–Crippen MR) is 82.0 cm³/mol. The Morgan fingerprint density at radius 3 is 2.35 bits per heavy atom. The molecule has 114 valence electrons. The molecule has 0 fully saturated rings. The van der Waals surface area contributed by atoms with Crippen molar-refractivity contribution in [2.45, 2.75) is 37.6 Å². The topological polar surface area (TPSA) is 46.6 Å². The molecule has 20 heavy (non-hydrogen) atoms. The molecule has 0 aromatic heterocycles. The van der Waals surface area contributed by atoms with Gasteiger partial charge < -0.3 is 9.64 Å². The predicted octanol–water partition coefficient (Wildman–Crippen LogP) is 2.59. The molecule has 0 heterocycles. The third-order valence-corrected chi connectivity index (χ3v) is 5.29. The molecule has 0 atom stereocenters. The van der Waals surface area contributed by atoms with Gasteiger partial charge in [-0.25, -0.2) is 8.42 Å². The first-order valence-corrected chi connectivity index (χ1v) is 8.41. The highest BCUT2D eigenvalue weighted by atomic mass is 32.2. The molecule has 0 N–H and O–H groups in total. The van der Waals surface area contributed by atoms with Crippen molar-refractivity contribution < 1.29 is 13.2 Å². The summed E-state index contributed by atoms with van der Waals surface area (Å²) in [5, 5.41) is 0. The molecule has 1 rings (SSSR count).